The van der Waals surface area contributed by atoms with Gasteiger partial charge >= 0.3 is 5.97 Å². The molecule has 0 bridgehead atoms. The van der Waals surface area contributed by atoms with Crippen molar-refractivity contribution in [2.45, 2.75) is 65.0 Å². The molecule has 1 aliphatic rings. The van der Waals surface area contributed by atoms with Crippen LogP contribution in [0.5, 0.6) is 0 Å². The Labute approximate surface area is 116 Å². The van der Waals surface area contributed by atoms with E-state index in [0.29, 0.717) is 19.1 Å². The molecule has 0 aliphatic heterocycles. The maximum atomic E-state index is 11.1. The van der Waals surface area contributed by atoms with Crippen molar-refractivity contribution in [3.8, 4) is 0 Å². The van der Waals surface area contributed by atoms with Crippen molar-refractivity contribution in [3.63, 3.8) is 0 Å². The number of carboxylic acids is 1. The van der Waals surface area contributed by atoms with E-state index in [1.54, 1.807) is 0 Å². The summed E-state index contributed by atoms with van der Waals surface area (Å²) >= 11 is 0. The first kappa shape index (κ1) is 16.4. The molecule has 3 atom stereocenters. The predicted molar refractivity (Wildman–Crippen MR) is 76.3 cm³/mol. The van der Waals surface area contributed by atoms with E-state index in [-0.39, 0.29) is 0 Å². The number of carboxylic acid groups (broad SMARTS) is 1. The van der Waals surface area contributed by atoms with Gasteiger partial charge in [-0.15, -0.1) is 0 Å². The maximum absolute atomic E-state index is 11.1. The van der Waals surface area contributed by atoms with Gasteiger partial charge in [-0.2, -0.15) is 0 Å². The Bertz CT molecular complexity index is 260. The van der Waals surface area contributed by atoms with Gasteiger partial charge in [0.15, 0.2) is 0 Å². The van der Waals surface area contributed by atoms with E-state index in [2.05, 4.69) is 19.2 Å². The highest BCUT2D eigenvalue weighted by atomic mass is 16.5. The van der Waals surface area contributed by atoms with Gasteiger partial charge < -0.3 is 15.2 Å². The molecule has 3 unspecified atom stereocenters. The second kappa shape index (κ2) is 8.54. The predicted octanol–water partition coefficient (Wildman–Crippen LogP) is 2.67. The van der Waals surface area contributed by atoms with E-state index >= 15 is 0 Å². The van der Waals surface area contributed by atoms with Crippen LogP contribution in [0.1, 0.15) is 52.9 Å². The van der Waals surface area contributed by atoms with Crippen LogP contribution in [0.25, 0.3) is 0 Å². The molecule has 0 aromatic heterocycles. The fraction of sp³-hybridized carbons (Fsp3) is 0.933. The zero-order valence-electron chi connectivity index (χ0n) is 12.5. The first-order valence-electron chi connectivity index (χ1n) is 7.60. The van der Waals surface area contributed by atoms with E-state index < -0.39 is 12.0 Å². The molecule has 4 heteroatoms. The second-order valence-electron chi connectivity index (χ2n) is 6.04. The molecule has 0 spiro atoms. The van der Waals surface area contributed by atoms with Crippen molar-refractivity contribution in [1.82, 2.24) is 5.32 Å². The number of hydrogen-bond donors (Lipinski definition) is 2. The molecule has 0 saturated heterocycles. The molecular weight excluding hydrogens is 242 g/mol. The summed E-state index contributed by atoms with van der Waals surface area (Å²) in [4.78, 5) is 11.1. The molecule has 112 valence electrons. The van der Waals surface area contributed by atoms with Gasteiger partial charge in [0.05, 0.1) is 6.10 Å². The summed E-state index contributed by atoms with van der Waals surface area (Å²) in [6.07, 6.45) is 5.33. The molecule has 4 nitrogen and oxygen atoms in total. The number of carbonyl (C=O) groups is 1. The number of nitrogens with one attached hydrogen (secondary N) is 1. The zero-order chi connectivity index (χ0) is 14.3. The average Bonchev–Trinajstić information content (AvgIpc) is 2.31. The Kier molecular flexibility index (Phi) is 7.39. The number of rotatable bonds is 8. The van der Waals surface area contributed by atoms with Crippen LogP contribution >= 0.6 is 0 Å². The quantitative estimate of drug-likeness (QED) is 0.712. The first-order chi connectivity index (χ1) is 9.02. The molecule has 1 saturated carbocycles. The highest BCUT2D eigenvalue weighted by Crippen LogP contribution is 2.30. The minimum absolute atomic E-state index is 0.319. The summed E-state index contributed by atoms with van der Waals surface area (Å²) in [5, 5.41) is 12.1. The van der Waals surface area contributed by atoms with Crippen LogP contribution in [-0.2, 0) is 9.53 Å². The van der Waals surface area contributed by atoms with E-state index in [4.69, 9.17) is 9.84 Å². The van der Waals surface area contributed by atoms with Crippen molar-refractivity contribution in [3.05, 3.63) is 0 Å². The monoisotopic (exact) mass is 271 g/mol. The molecule has 1 rings (SSSR count). The smallest absolute Gasteiger partial charge is 0.320 e. The minimum Gasteiger partial charge on any atom is -0.480 e. The SMILES string of the molecule is CCCNC(CCOC1CC(C)CC(C)C1)C(=O)O. The normalized spacial score (nSPS) is 29.1. The van der Waals surface area contributed by atoms with Gasteiger partial charge in [0, 0.05) is 6.61 Å². The van der Waals surface area contributed by atoms with Crippen LogP contribution in [0.2, 0.25) is 0 Å². The third-order valence-corrected chi connectivity index (χ3v) is 3.83. The molecule has 1 fully saturated rings. The molecule has 0 aromatic carbocycles. The number of aliphatic carboxylic acids is 1. The first-order valence-corrected chi connectivity index (χ1v) is 7.60. The maximum Gasteiger partial charge on any atom is 0.320 e. The Morgan fingerprint density at radius 2 is 1.95 bits per heavy atom. The largest absolute Gasteiger partial charge is 0.480 e. The second-order valence-corrected chi connectivity index (χ2v) is 6.04. The van der Waals surface area contributed by atoms with Crippen molar-refractivity contribution in [2.75, 3.05) is 13.2 Å². The van der Waals surface area contributed by atoms with E-state index in [1.165, 1.54) is 6.42 Å². The number of hydrogen-bond acceptors (Lipinski definition) is 3. The lowest BCUT2D eigenvalue weighted by Crippen LogP contribution is -2.38. The summed E-state index contributed by atoms with van der Waals surface area (Å²) < 4.78 is 5.88. The minimum atomic E-state index is -0.776. The van der Waals surface area contributed by atoms with Gasteiger partial charge in [0.25, 0.3) is 0 Å². The van der Waals surface area contributed by atoms with Crippen molar-refractivity contribution >= 4 is 5.97 Å². The van der Waals surface area contributed by atoms with Gasteiger partial charge in [-0.1, -0.05) is 20.8 Å². The summed E-state index contributed by atoms with van der Waals surface area (Å²) in [6.45, 7) is 7.86. The van der Waals surface area contributed by atoms with E-state index in [9.17, 15) is 4.79 Å². The third-order valence-electron chi connectivity index (χ3n) is 3.83. The lowest BCUT2D eigenvalue weighted by Gasteiger charge is -2.31. The van der Waals surface area contributed by atoms with Crippen molar-refractivity contribution < 1.29 is 14.6 Å². The molecule has 19 heavy (non-hydrogen) atoms. The van der Waals surface area contributed by atoms with E-state index in [0.717, 1.165) is 37.6 Å². The molecule has 1 aliphatic carbocycles. The van der Waals surface area contributed by atoms with Crippen LogP contribution < -0.4 is 5.32 Å². The molecule has 0 amide bonds. The molecule has 0 heterocycles. The molecular formula is C15H29NO3. The van der Waals surface area contributed by atoms with Gasteiger partial charge in [0.2, 0.25) is 0 Å². The molecule has 2 N–H and O–H groups in total. The highest BCUT2D eigenvalue weighted by molar-refractivity contribution is 5.73. The number of ether oxygens (including phenoxy) is 1. The Morgan fingerprint density at radius 1 is 1.32 bits per heavy atom. The topological polar surface area (TPSA) is 58.6 Å². The Balaban J connectivity index is 2.25. The highest BCUT2D eigenvalue weighted by Gasteiger charge is 2.25. The van der Waals surface area contributed by atoms with Crippen molar-refractivity contribution in [1.29, 1.82) is 0 Å². The van der Waals surface area contributed by atoms with Gasteiger partial charge in [0.1, 0.15) is 6.04 Å². The van der Waals surface area contributed by atoms with E-state index in [1.807, 2.05) is 6.92 Å². The fourth-order valence-electron chi connectivity index (χ4n) is 2.99. The van der Waals surface area contributed by atoms with Gasteiger partial charge in [-0.05, 0) is 50.5 Å². The molecule has 0 aromatic rings. The van der Waals surface area contributed by atoms with Crippen LogP contribution in [-0.4, -0.2) is 36.4 Å². The van der Waals surface area contributed by atoms with Gasteiger partial charge in [-0.25, -0.2) is 0 Å². The standard InChI is InChI=1S/C15H29NO3/c1-4-6-16-14(15(17)18)5-7-19-13-9-11(2)8-12(3)10-13/h11-14,16H,4-10H2,1-3H3,(H,17,18). The third kappa shape index (κ3) is 6.39. The lowest BCUT2D eigenvalue weighted by atomic mass is 9.82. The Hall–Kier alpha value is -0.610. The van der Waals surface area contributed by atoms with Gasteiger partial charge in [-0.3, -0.25) is 4.79 Å². The summed E-state index contributed by atoms with van der Waals surface area (Å²) in [7, 11) is 0. The average molecular weight is 271 g/mol. The van der Waals surface area contributed by atoms with Crippen LogP contribution in [0.15, 0.2) is 0 Å². The summed E-state index contributed by atoms with van der Waals surface area (Å²) in [6, 6.07) is -0.474. The Morgan fingerprint density at radius 3 is 2.47 bits per heavy atom. The zero-order valence-corrected chi connectivity index (χ0v) is 12.5. The lowest BCUT2D eigenvalue weighted by molar-refractivity contribution is -0.140. The summed E-state index contributed by atoms with van der Waals surface area (Å²) in [5.74, 6) is 0.673. The van der Waals surface area contributed by atoms with Crippen LogP contribution in [0.4, 0.5) is 0 Å². The van der Waals surface area contributed by atoms with Crippen LogP contribution in [0, 0.1) is 11.8 Å². The van der Waals surface area contributed by atoms with Crippen molar-refractivity contribution in [2.24, 2.45) is 11.8 Å². The van der Waals surface area contributed by atoms with Crippen LogP contribution in [0.3, 0.4) is 0 Å². The fourth-order valence-corrected chi connectivity index (χ4v) is 2.99. The molecule has 0 radical (unpaired) electrons. The summed E-state index contributed by atoms with van der Waals surface area (Å²) in [5.41, 5.74) is 0.